The number of fused-ring (bicyclic) bond motifs is 1. The molecule has 0 aliphatic carbocycles. The first-order valence-electron chi connectivity index (χ1n) is 9.71. The van der Waals surface area contributed by atoms with E-state index in [0.29, 0.717) is 34.8 Å². The van der Waals surface area contributed by atoms with E-state index in [-0.39, 0.29) is 27.0 Å². The first kappa shape index (κ1) is 21.4. The van der Waals surface area contributed by atoms with Crippen LogP contribution in [0.2, 0.25) is 5.02 Å². The van der Waals surface area contributed by atoms with Crippen LogP contribution >= 0.6 is 11.6 Å². The Kier molecular flexibility index (Phi) is 5.77. The van der Waals surface area contributed by atoms with Gasteiger partial charge in [0.05, 0.1) is 35.1 Å². The molecular formula is C22H21ClN2O5S. The molecule has 1 amide bonds. The number of carbonyl (C=O) groups is 1. The molecule has 1 saturated heterocycles. The Morgan fingerprint density at radius 1 is 1.03 bits per heavy atom. The van der Waals surface area contributed by atoms with E-state index in [1.165, 1.54) is 44.7 Å². The normalized spacial score (nSPS) is 14.1. The molecule has 1 aliphatic heterocycles. The second kappa shape index (κ2) is 8.36. The Labute approximate surface area is 185 Å². The van der Waals surface area contributed by atoms with Crippen LogP contribution < -0.4 is 9.47 Å². The molecule has 0 bridgehead atoms. The molecule has 9 heteroatoms. The second-order valence-corrected chi connectivity index (χ2v) is 9.50. The van der Waals surface area contributed by atoms with Crippen molar-refractivity contribution in [3.05, 3.63) is 53.2 Å². The van der Waals surface area contributed by atoms with Crippen molar-refractivity contribution in [2.75, 3.05) is 27.3 Å². The molecule has 1 fully saturated rings. The number of benzene rings is 2. The molecule has 1 aromatic heterocycles. The van der Waals surface area contributed by atoms with Crippen LogP contribution in [0.15, 0.2) is 52.4 Å². The van der Waals surface area contributed by atoms with Gasteiger partial charge in [0.15, 0.2) is 11.5 Å². The fourth-order valence-corrected chi connectivity index (χ4v) is 5.57. The number of amides is 1. The summed E-state index contributed by atoms with van der Waals surface area (Å²) in [4.78, 5) is 19.1. The van der Waals surface area contributed by atoms with Gasteiger partial charge in [-0.25, -0.2) is 8.42 Å². The lowest BCUT2D eigenvalue weighted by atomic mass is 10.1. The van der Waals surface area contributed by atoms with E-state index in [2.05, 4.69) is 4.98 Å². The van der Waals surface area contributed by atoms with Gasteiger partial charge in [0.2, 0.25) is 9.84 Å². The average Bonchev–Trinajstić information content (AvgIpc) is 3.32. The van der Waals surface area contributed by atoms with Crippen LogP contribution in [-0.2, 0) is 9.84 Å². The quantitative estimate of drug-likeness (QED) is 0.572. The number of aromatic nitrogens is 1. The molecule has 7 nitrogen and oxygen atoms in total. The molecule has 31 heavy (non-hydrogen) atoms. The van der Waals surface area contributed by atoms with Gasteiger partial charge in [-0.1, -0.05) is 11.6 Å². The van der Waals surface area contributed by atoms with Crippen LogP contribution in [0.25, 0.3) is 10.9 Å². The number of likely N-dealkylation sites (tertiary alicyclic amines) is 1. The number of methoxy groups -OCH3 is 2. The van der Waals surface area contributed by atoms with Crippen molar-refractivity contribution in [3.63, 3.8) is 0 Å². The third-order valence-corrected chi connectivity index (χ3v) is 7.43. The Morgan fingerprint density at radius 2 is 1.74 bits per heavy atom. The summed E-state index contributed by atoms with van der Waals surface area (Å²) in [6.07, 6.45) is 3.11. The van der Waals surface area contributed by atoms with Gasteiger partial charge < -0.3 is 14.4 Å². The summed E-state index contributed by atoms with van der Waals surface area (Å²) in [5.74, 6) is 0.316. The van der Waals surface area contributed by atoms with Crippen LogP contribution in [0.5, 0.6) is 11.5 Å². The van der Waals surface area contributed by atoms with E-state index in [1.807, 2.05) is 0 Å². The summed E-state index contributed by atoms with van der Waals surface area (Å²) >= 11 is 6.18. The molecule has 2 aromatic carbocycles. The zero-order valence-electron chi connectivity index (χ0n) is 17.1. The second-order valence-electron chi connectivity index (χ2n) is 7.18. The van der Waals surface area contributed by atoms with E-state index in [9.17, 15) is 13.2 Å². The molecule has 162 valence electrons. The molecule has 0 spiro atoms. The van der Waals surface area contributed by atoms with Gasteiger partial charge >= 0.3 is 0 Å². The maximum Gasteiger partial charge on any atom is 0.256 e. The van der Waals surface area contributed by atoms with Crippen molar-refractivity contribution in [3.8, 4) is 11.5 Å². The van der Waals surface area contributed by atoms with Gasteiger partial charge in [0.25, 0.3) is 5.91 Å². The topological polar surface area (TPSA) is 85.8 Å². The Morgan fingerprint density at radius 3 is 2.42 bits per heavy atom. The third-order valence-electron chi connectivity index (χ3n) is 5.34. The monoisotopic (exact) mass is 460 g/mol. The van der Waals surface area contributed by atoms with Crippen molar-refractivity contribution in [1.82, 2.24) is 9.88 Å². The summed E-state index contributed by atoms with van der Waals surface area (Å²) in [6, 6.07) is 9.12. The van der Waals surface area contributed by atoms with Gasteiger partial charge in [-0.2, -0.15) is 0 Å². The summed E-state index contributed by atoms with van der Waals surface area (Å²) in [7, 11) is -1.23. The molecule has 0 radical (unpaired) electrons. The Hall–Kier alpha value is -2.84. The van der Waals surface area contributed by atoms with Crippen molar-refractivity contribution in [2.24, 2.45) is 0 Å². The molecule has 1 aliphatic rings. The lowest BCUT2D eigenvalue weighted by molar-refractivity contribution is 0.0789. The Bertz CT molecular complexity index is 1270. The highest BCUT2D eigenvalue weighted by Gasteiger charge is 2.31. The van der Waals surface area contributed by atoms with Crippen molar-refractivity contribution in [2.45, 2.75) is 22.6 Å². The highest BCUT2D eigenvalue weighted by atomic mass is 35.5. The van der Waals surface area contributed by atoms with Crippen molar-refractivity contribution < 1.29 is 22.7 Å². The van der Waals surface area contributed by atoms with Gasteiger partial charge in [0, 0.05) is 35.8 Å². The summed E-state index contributed by atoms with van der Waals surface area (Å²) in [5.41, 5.74) is 0.466. The van der Waals surface area contributed by atoms with E-state index in [0.717, 1.165) is 12.8 Å². The third kappa shape index (κ3) is 3.81. The molecular weight excluding hydrogens is 440 g/mol. The van der Waals surface area contributed by atoms with Gasteiger partial charge in [-0.3, -0.25) is 9.78 Å². The Balaban J connectivity index is 1.99. The lowest BCUT2D eigenvalue weighted by Gasteiger charge is -2.19. The van der Waals surface area contributed by atoms with E-state index >= 15 is 0 Å². The number of rotatable bonds is 5. The van der Waals surface area contributed by atoms with Gasteiger partial charge in [-0.05, 0) is 43.2 Å². The van der Waals surface area contributed by atoms with Crippen LogP contribution in [0.4, 0.5) is 0 Å². The molecule has 0 saturated carbocycles. The number of carbonyl (C=O) groups excluding carboxylic acids is 1. The number of nitrogens with zero attached hydrogens (tertiary/aromatic N) is 2. The fraction of sp³-hybridized carbons (Fsp3) is 0.273. The zero-order chi connectivity index (χ0) is 22.2. The van der Waals surface area contributed by atoms with E-state index in [1.54, 1.807) is 17.0 Å². The van der Waals surface area contributed by atoms with Crippen LogP contribution in [0, 0.1) is 0 Å². The number of hydrogen-bond donors (Lipinski definition) is 0. The molecule has 0 unspecified atom stereocenters. The van der Waals surface area contributed by atoms with E-state index < -0.39 is 9.84 Å². The number of ether oxygens (including phenoxy) is 2. The smallest absolute Gasteiger partial charge is 0.256 e. The molecule has 0 N–H and O–H groups in total. The highest BCUT2D eigenvalue weighted by Crippen LogP contribution is 2.36. The minimum absolute atomic E-state index is 0.0203. The summed E-state index contributed by atoms with van der Waals surface area (Å²) in [5, 5.41) is 0.649. The minimum atomic E-state index is -4.13. The number of sulfone groups is 1. The molecule has 2 heterocycles. The maximum absolute atomic E-state index is 13.8. The first-order valence-corrected chi connectivity index (χ1v) is 11.6. The molecule has 3 aromatic rings. The summed E-state index contributed by atoms with van der Waals surface area (Å²) in [6.45, 7) is 1.17. The molecule has 0 atom stereocenters. The van der Waals surface area contributed by atoms with Crippen molar-refractivity contribution in [1.29, 1.82) is 0 Å². The predicted molar refractivity (Wildman–Crippen MR) is 117 cm³/mol. The van der Waals surface area contributed by atoms with Crippen LogP contribution in [-0.4, -0.2) is 51.5 Å². The lowest BCUT2D eigenvalue weighted by Crippen LogP contribution is -2.29. The van der Waals surface area contributed by atoms with Gasteiger partial charge in [-0.15, -0.1) is 0 Å². The number of hydrogen-bond acceptors (Lipinski definition) is 6. The average molecular weight is 461 g/mol. The molecule has 4 rings (SSSR count). The van der Waals surface area contributed by atoms with Crippen LogP contribution in [0.1, 0.15) is 23.2 Å². The van der Waals surface area contributed by atoms with Gasteiger partial charge in [0.1, 0.15) is 0 Å². The number of halogens is 1. The SMILES string of the molecule is COc1ccc(S(=O)(=O)c2c(C(=O)N3CCCC3)cnc3ccc(Cl)cc23)cc1OC. The van der Waals surface area contributed by atoms with Crippen molar-refractivity contribution >= 4 is 38.2 Å². The fourth-order valence-electron chi connectivity index (χ4n) is 3.77. The van der Waals surface area contributed by atoms with E-state index in [4.69, 9.17) is 21.1 Å². The minimum Gasteiger partial charge on any atom is -0.493 e. The highest BCUT2D eigenvalue weighted by molar-refractivity contribution is 7.91. The predicted octanol–water partition coefficient (Wildman–Crippen LogP) is 3.97. The maximum atomic E-state index is 13.8. The standard InChI is InChI=1S/C22H21ClN2O5S/c1-29-19-8-6-15(12-20(19)30-2)31(27,28)21-16-11-14(23)5-7-18(16)24-13-17(21)22(26)25-9-3-4-10-25/h5-8,11-13H,3-4,9-10H2,1-2H3. The first-order chi connectivity index (χ1) is 14.9. The zero-order valence-corrected chi connectivity index (χ0v) is 18.7. The largest absolute Gasteiger partial charge is 0.493 e. The number of pyridine rings is 1. The van der Waals surface area contributed by atoms with Crippen LogP contribution in [0.3, 0.4) is 0 Å². The summed E-state index contributed by atoms with van der Waals surface area (Å²) < 4.78 is 38.2.